The Hall–Kier alpha value is -2.06. The zero-order valence-electron chi connectivity index (χ0n) is 7.23. The smallest absolute Gasteiger partial charge is 0.285 e. The second-order valence-corrected chi connectivity index (χ2v) is 2.49. The molecular weight excluding hydrogens is 184 g/mol. The zero-order valence-corrected chi connectivity index (χ0v) is 7.23. The van der Waals surface area contributed by atoms with Gasteiger partial charge in [-0.2, -0.15) is 0 Å². The van der Waals surface area contributed by atoms with Crippen molar-refractivity contribution in [1.29, 1.82) is 0 Å². The minimum atomic E-state index is -0.541. The molecule has 0 unspecified atom stereocenters. The van der Waals surface area contributed by atoms with E-state index in [-0.39, 0.29) is 17.9 Å². The van der Waals surface area contributed by atoms with E-state index in [0.717, 1.165) is 0 Å². The highest BCUT2D eigenvalue weighted by Gasteiger charge is 2.11. The van der Waals surface area contributed by atoms with Crippen LogP contribution in [-0.4, -0.2) is 16.6 Å². The number of rotatable bonds is 1. The summed E-state index contributed by atoms with van der Waals surface area (Å²) in [5, 5.41) is 19.0. The number of nitro benzene ring substituents is 1. The first-order valence-electron chi connectivity index (χ1n) is 3.79. The zero-order chi connectivity index (χ0) is 10.6. The first-order chi connectivity index (χ1) is 6.65. The van der Waals surface area contributed by atoms with E-state index in [1.54, 1.807) is 0 Å². The minimum absolute atomic E-state index is 0.111. The summed E-state index contributed by atoms with van der Waals surface area (Å²) >= 11 is 0. The fraction of sp³-hybridized carbons (Fsp3) is 0.111. The van der Waals surface area contributed by atoms with Crippen LogP contribution < -0.4 is 5.73 Å². The molecule has 0 aliphatic carbocycles. The fourth-order valence-corrected chi connectivity index (χ4v) is 0.948. The van der Waals surface area contributed by atoms with Crippen molar-refractivity contribution in [2.24, 2.45) is 0 Å². The molecule has 5 heteroatoms. The fourth-order valence-electron chi connectivity index (χ4n) is 0.948. The molecule has 0 saturated heterocycles. The summed E-state index contributed by atoms with van der Waals surface area (Å²) in [6.45, 7) is -0.341. The lowest BCUT2D eigenvalue weighted by atomic mass is 10.1. The summed E-state index contributed by atoms with van der Waals surface area (Å²) in [6, 6.07) is 4.12. The van der Waals surface area contributed by atoms with Gasteiger partial charge in [0.25, 0.3) is 5.69 Å². The standard InChI is InChI=1S/C9H8N2O3/c10-8-3-4-9(11(13)14)7(6-8)2-1-5-12/h3-4,6,12H,5,10H2. The molecule has 3 N–H and O–H groups in total. The molecule has 0 heterocycles. The van der Waals surface area contributed by atoms with Crippen molar-refractivity contribution < 1.29 is 10.0 Å². The molecule has 72 valence electrons. The molecule has 0 atom stereocenters. The number of hydrogen-bond acceptors (Lipinski definition) is 4. The SMILES string of the molecule is Nc1ccc([N+](=O)[O-])c(C#CCO)c1. The first-order valence-corrected chi connectivity index (χ1v) is 3.79. The maximum atomic E-state index is 10.5. The van der Waals surface area contributed by atoms with E-state index in [2.05, 4.69) is 11.8 Å². The van der Waals surface area contributed by atoms with Crippen molar-refractivity contribution in [2.75, 3.05) is 12.3 Å². The summed E-state index contributed by atoms with van der Waals surface area (Å²) in [4.78, 5) is 9.99. The van der Waals surface area contributed by atoms with Gasteiger partial charge in [0, 0.05) is 11.8 Å². The Balaban J connectivity index is 3.22. The minimum Gasteiger partial charge on any atom is -0.399 e. The number of nitrogens with zero attached hydrogens (tertiary/aromatic N) is 1. The van der Waals surface area contributed by atoms with Crippen LogP contribution in [0.15, 0.2) is 18.2 Å². The third kappa shape index (κ3) is 2.21. The van der Waals surface area contributed by atoms with E-state index < -0.39 is 4.92 Å². The molecule has 0 amide bonds. The van der Waals surface area contributed by atoms with Crippen molar-refractivity contribution in [3.63, 3.8) is 0 Å². The molecule has 5 nitrogen and oxygen atoms in total. The highest BCUT2D eigenvalue weighted by atomic mass is 16.6. The van der Waals surface area contributed by atoms with Crippen LogP contribution in [0.25, 0.3) is 0 Å². The number of aliphatic hydroxyl groups is 1. The number of nitrogen functional groups attached to an aromatic ring is 1. The lowest BCUT2D eigenvalue weighted by Gasteiger charge is -1.96. The molecule has 0 spiro atoms. The predicted octanol–water partition coefficient (Wildman–Crippen LogP) is 0.521. The molecule has 0 aliphatic heterocycles. The van der Waals surface area contributed by atoms with Crippen molar-refractivity contribution in [3.05, 3.63) is 33.9 Å². The van der Waals surface area contributed by atoms with Gasteiger partial charge in [-0.05, 0) is 12.1 Å². The number of nitrogens with two attached hydrogens (primary N) is 1. The summed E-state index contributed by atoms with van der Waals surface area (Å²) in [5.74, 6) is 4.80. The molecule has 0 aromatic heterocycles. The summed E-state index contributed by atoms with van der Waals surface area (Å²) in [7, 11) is 0. The van der Waals surface area contributed by atoms with Crippen LogP contribution in [-0.2, 0) is 0 Å². The molecule has 14 heavy (non-hydrogen) atoms. The largest absolute Gasteiger partial charge is 0.399 e. The monoisotopic (exact) mass is 192 g/mol. The van der Waals surface area contributed by atoms with Crippen molar-refractivity contribution in [3.8, 4) is 11.8 Å². The normalized spacial score (nSPS) is 8.93. The Morgan fingerprint density at radius 1 is 1.57 bits per heavy atom. The van der Waals surface area contributed by atoms with E-state index >= 15 is 0 Å². The van der Waals surface area contributed by atoms with Crippen molar-refractivity contribution in [1.82, 2.24) is 0 Å². The van der Waals surface area contributed by atoms with E-state index in [4.69, 9.17) is 10.8 Å². The van der Waals surface area contributed by atoms with Gasteiger partial charge in [0.05, 0.1) is 4.92 Å². The number of hydrogen-bond donors (Lipinski definition) is 2. The van der Waals surface area contributed by atoms with E-state index in [1.807, 2.05) is 0 Å². The number of nitro groups is 1. The summed E-state index contributed by atoms with van der Waals surface area (Å²) in [6.07, 6.45) is 0. The predicted molar refractivity (Wildman–Crippen MR) is 51.5 cm³/mol. The second kappa shape index (κ2) is 4.25. The number of aliphatic hydroxyl groups excluding tert-OH is 1. The van der Waals surface area contributed by atoms with Crippen LogP contribution in [0.2, 0.25) is 0 Å². The average molecular weight is 192 g/mol. The van der Waals surface area contributed by atoms with Crippen molar-refractivity contribution >= 4 is 11.4 Å². The Morgan fingerprint density at radius 3 is 2.86 bits per heavy atom. The van der Waals surface area contributed by atoms with Gasteiger partial charge in [-0.1, -0.05) is 11.8 Å². The maximum Gasteiger partial charge on any atom is 0.285 e. The molecule has 0 fully saturated rings. The van der Waals surface area contributed by atoms with Crippen LogP contribution in [0.1, 0.15) is 5.56 Å². The number of anilines is 1. The van der Waals surface area contributed by atoms with Crippen molar-refractivity contribution in [2.45, 2.75) is 0 Å². The first kappa shape index (κ1) is 10.0. The molecule has 1 aromatic rings. The van der Waals surface area contributed by atoms with Gasteiger partial charge in [0.15, 0.2) is 0 Å². The Labute approximate surface area is 80.3 Å². The van der Waals surface area contributed by atoms with Gasteiger partial charge in [-0.25, -0.2) is 0 Å². The highest BCUT2D eigenvalue weighted by Crippen LogP contribution is 2.19. The second-order valence-electron chi connectivity index (χ2n) is 2.49. The molecule has 0 bridgehead atoms. The average Bonchev–Trinajstić information content (AvgIpc) is 2.14. The van der Waals surface area contributed by atoms with Gasteiger partial charge in [0.2, 0.25) is 0 Å². The van der Waals surface area contributed by atoms with Crippen LogP contribution in [0, 0.1) is 22.0 Å². The Bertz CT molecular complexity index is 418. The lowest BCUT2D eigenvalue weighted by Crippen LogP contribution is -1.94. The van der Waals surface area contributed by atoms with Crippen LogP contribution in [0.4, 0.5) is 11.4 Å². The number of benzene rings is 1. The van der Waals surface area contributed by atoms with Crippen LogP contribution in [0.5, 0.6) is 0 Å². The topological polar surface area (TPSA) is 89.4 Å². The van der Waals surface area contributed by atoms with E-state index in [0.29, 0.717) is 5.69 Å². The van der Waals surface area contributed by atoms with Crippen LogP contribution >= 0.6 is 0 Å². The molecule has 1 rings (SSSR count). The van der Waals surface area contributed by atoms with E-state index in [1.165, 1.54) is 18.2 Å². The quantitative estimate of drug-likeness (QED) is 0.294. The molecule has 1 aromatic carbocycles. The molecule has 0 aliphatic rings. The molecule has 0 radical (unpaired) electrons. The summed E-state index contributed by atoms with van der Waals surface area (Å²) < 4.78 is 0. The summed E-state index contributed by atoms with van der Waals surface area (Å²) in [5.41, 5.74) is 5.95. The lowest BCUT2D eigenvalue weighted by molar-refractivity contribution is -0.385. The molecule has 0 saturated carbocycles. The van der Waals surface area contributed by atoms with Gasteiger partial charge in [-0.15, -0.1) is 0 Å². The van der Waals surface area contributed by atoms with Gasteiger partial charge < -0.3 is 10.8 Å². The maximum absolute atomic E-state index is 10.5. The Kier molecular flexibility index (Phi) is 3.05. The van der Waals surface area contributed by atoms with E-state index in [9.17, 15) is 10.1 Å². The molecular formula is C9H8N2O3. The third-order valence-corrected chi connectivity index (χ3v) is 1.52. The van der Waals surface area contributed by atoms with Gasteiger partial charge in [0.1, 0.15) is 12.2 Å². The van der Waals surface area contributed by atoms with Gasteiger partial charge >= 0.3 is 0 Å². The van der Waals surface area contributed by atoms with Crippen LogP contribution in [0.3, 0.4) is 0 Å². The third-order valence-electron chi connectivity index (χ3n) is 1.52. The Morgan fingerprint density at radius 2 is 2.29 bits per heavy atom. The highest BCUT2D eigenvalue weighted by molar-refractivity contribution is 5.58. The van der Waals surface area contributed by atoms with Gasteiger partial charge in [-0.3, -0.25) is 10.1 Å².